The zero-order valence-corrected chi connectivity index (χ0v) is 20.0. The van der Waals surface area contributed by atoms with Crippen molar-refractivity contribution in [3.63, 3.8) is 0 Å². The van der Waals surface area contributed by atoms with Crippen molar-refractivity contribution >= 4 is 40.0 Å². The van der Waals surface area contributed by atoms with Crippen molar-refractivity contribution in [2.75, 3.05) is 18.6 Å². The van der Waals surface area contributed by atoms with Gasteiger partial charge in [0.1, 0.15) is 30.5 Å². The van der Waals surface area contributed by atoms with E-state index in [-0.39, 0.29) is 28.4 Å². The van der Waals surface area contributed by atoms with E-state index in [0.29, 0.717) is 11.5 Å². The quantitative estimate of drug-likeness (QED) is 0.467. The van der Waals surface area contributed by atoms with Crippen LogP contribution in [-0.4, -0.2) is 38.5 Å². The van der Waals surface area contributed by atoms with E-state index in [1.807, 2.05) is 33.8 Å². The Morgan fingerprint density at radius 2 is 1.90 bits per heavy atom. The van der Waals surface area contributed by atoms with E-state index in [4.69, 9.17) is 4.42 Å². The highest BCUT2D eigenvalue weighted by Gasteiger charge is 2.34. The molecule has 3 N–H and O–H groups in total. The van der Waals surface area contributed by atoms with Crippen LogP contribution in [0.1, 0.15) is 38.3 Å². The minimum Gasteiger partial charge on any atom is -0.505 e. The molecular formula is C20H27N4O5PS. The van der Waals surface area contributed by atoms with E-state index >= 15 is 0 Å². The third kappa shape index (κ3) is 5.19. The number of rotatable bonds is 4. The number of benzene rings is 1. The third-order valence-electron chi connectivity index (χ3n) is 4.62. The summed E-state index contributed by atoms with van der Waals surface area (Å²) in [4.78, 5) is 4.61. The normalized spacial score (nSPS) is 18.5. The topological polar surface area (TPSA) is 133 Å². The van der Waals surface area contributed by atoms with Gasteiger partial charge in [0, 0.05) is 0 Å². The average molecular weight is 467 g/mol. The number of hydrogen-bond donors (Lipinski definition) is 3. The third-order valence-corrected chi connectivity index (χ3v) is 7.01. The van der Waals surface area contributed by atoms with Crippen molar-refractivity contribution in [2.45, 2.75) is 33.7 Å². The van der Waals surface area contributed by atoms with Crippen molar-refractivity contribution < 1.29 is 22.5 Å². The molecule has 0 radical (unpaired) electrons. The number of phenolic OH excluding ortho intramolecular Hbond substituents is 1. The largest absolute Gasteiger partial charge is 0.505 e. The van der Waals surface area contributed by atoms with Crippen LogP contribution < -0.4 is 15.3 Å². The number of hydrogen-bond acceptors (Lipinski definition) is 7. The van der Waals surface area contributed by atoms with E-state index in [2.05, 4.69) is 19.4 Å². The van der Waals surface area contributed by atoms with E-state index < -0.39 is 28.8 Å². The molecule has 0 saturated heterocycles. The highest BCUT2D eigenvalue weighted by atomic mass is 32.2. The Balaban J connectivity index is 2.05. The number of aromatic hydroxyl groups is 1. The maximum atomic E-state index is 12.4. The van der Waals surface area contributed by atoms with Gasteiger partial charge in [-0.05, 0) is 49.9 Å². The molecule has 31 heavy (non-hydrogen) atoms. The summed E-state index contributed by atoms with van der Waals surface area (Å²) in [5.41, 5.74) is -0.219. The monoisotopic (exact) mass is 466 g/mol. The standard InChI is InChI=1S/C20H27N4O5PS/c1-12-10-11-14(29-12)17(20(2,3)4)22-19-18(23-31(27,28)24-19)21-13-8-7-9-15(16(13)25)30(5,6)26/h7-11,17,25H,1-6H3,(H,21,23)(H,22,24)/t17-/m0/s1. The molecule has 11 heteroatoms. The Bertz CT molecular complexity index is 1220. The van der Waals surface area contributed by atoms with Crippen LogP contribution in [0.2, 0.25) is 0 Å². The highest BCUT2D eigenvalue weighted by molar-refractivity contribution is 7.89. The zero-order valence-electron chi connectivity index (χ0n) is 18.3. The molecule has 9 nitrogen and oxygen atoms in total. The molecule has 1 aromatic heterocycles. The van der Waals surface area contributed by atoms with E-state index in [1.54, 1.807) is 18.2 Å². The molecular weight excluding hydrogens is 439 g/mol. The Morgan fingerprint density at radius 3 is 2.45 bits per heavy atom. The first kappa shape index (κ1) is 23.1. The molecule has 0 saturated carbocycles. The molecule has 0 amide bonds. The molecule has 168 valence electrons. The molecule has 1 aromatic carbocycles. The number of furan rings is 1. The molecule has 0 spiro atoms. The lowest BCUT2D eigenvalue weighted by Gasteiger charge is -2.26. The van der Waals surface area contributed by atoms with E-state index in [9.17, 15) is 18.1 Å². The fourth-order valence-corrected chi connectivity index (χ4v) is 5.02. The minimum absolute atomic E-state index is 0.00467. The van der Waals surface area contributed by atoms with Gasteiger partial charge in [-0.25, -0.2) is 4.72 Å². The summed E-state index contributed by atoms with van der Waals surface area (Å²) < 4.78 is 48.6. The summed E-state index contributed by atoms with van der Waals surface area (Å²) in [7, 11) is -6.76. The highest BCUT2D eigenvalue weighted by Crippen LogP contribution is 2.41. The maximum Gasteiger partial charge on any atom is 0.345 e. The summed E-state index contributed by atoms with van der Waals surface area (Å²) >= 11 is 0. The van der Waals surface area contributed by atoms with Crippen LogP contribution in [0.4, 0.5) is 5.69 Å². The fraction of sp³-hybridized carbons (Fsp3) is 0.400. The van der Waals surface area contributed by atoms with Crippen LogP contribution in [0.5, 0.6) is 5.75 Å². The predicted molar refractivity (Wildman–Crippen MR) is 123 cm³/mol. The fourth-order valence-electron chi connectivity index (χ4n) is 3.13. The van der Waals surface area contributed by atoms with Crippen molar-refractivity contribution in [3.8, 4) is 5.75 Å². The van der Waals surface area contributed by atoms with Gasteiger partial charge in [-0.3, -0.25) is 4.99 Å². The number of aryl methyl sites for hydroxylation is 1. The molecule has 3 rings (SSSR count). The lowest BCUT2D eigenvalue weighted by molar-refractivity contribution is 0.284. The van der Waals surface area contributed by atoms with Gasteiger partial charge in [-0.15, -0.1) is 4.40 Å². The van der Waals surface area contributed by atoms with Gasteiger partial charge < -0.3 is 19.4 Å². The number of amidine groups is 2. The summed E-state index contributed by atoms with van der Waals surface area (Å²) in [5.74, 6) is 0.998. The number of nitrogens with zero attached hydrogens (tertiary/aromatic N) is 2. The van der Waals surface area contributed by atoms with Crippen molar-refractivity contribution in [1.82, 2.24) is 4.72 Å². The lowest BCUT2D eigenvalue weighted by atomic mass is 9.85. The summed E-state index contributed by atoms with van der Waals surface area (Å²) in [6.45, 7) is 10.8. The molecule has 0 bridgehead atoms. The van der Waals surface area contributed by atoms with E-state index in [0.717, 1.165) is 0 Å². The molecule has 1 aliphatic heterocycles. The van der Waals surface area contributed by atoms with Gasteiger partial charge in [0.05, 0.1) is 11.0 Å². The van der Waals surface area contributed by atoms with Crippen LogP contribution in [-0.2, 0) is 14.8 Å². The SMILES string of the molecule is Cc1ccc([C@H](N=C2NS(=O)(=O)N=C2Nc2cccc(P(C)(C)=O)c2O)C(C)(C)C)o1. The first-order chi connectivity index (χ1) is 14.2. The molecule has 2 heterocycles. The Kier molecular flexibility index (Phi) is 5.84. The first-order valence-corrected chi connectivity index (χ1v) is 13.6. The molecule has 1 atom stereocenters. The van der Waals surface area contributed by atoms with Gasteiger partial charge in [-0.2, -0.15) is 8.42 Å². The maximum absolute atomic E-state index is 12.4. The Labute approximate surface area is 182 Å². The van der Waals surface area contributed by atoms with Gasteiger partial charge >= 0.3 is 10.2 Å². The number of para-hydroxylation sites is 1. The second kappa shape index (κ2) is 7.84. The lowest BCUT2D eigenvalue weighted by Crippen LogP contribution is -2.32. The summed E-state index contributed by atoms with van der Waals surface area (Å²) in [6.07, 6.45) is 0. The van der Waals surface area contributed by atoms with Crippen LogP contribution in [0, 0.1) is 12.3 Å². The van der Waals surface area contributed by atoms with Crippen LogP contribution in [0.25, 0.3) is 0 Å². The van der Waals surface area contributed by atoms with Gasteiger partial charge in [-0.1, -0.05) is 26.8 Å². The number of phenols is 1. The van der Waals surface area contributed by atoms with Gasteiger partial charge in [0.2, 0.25) is 0 Å². The number of nitrogens with one attached hydrogen (secondary N) is 2. The minimum atomic E-state index is -4.01. The molecule has 0 fully saturated rings. The number of aliphatic imine (C=N–C) groups is 1. The van der Waals surface area contributed by atoms with Crippen molar-refractivity contribution in [1.29, 1.82) is 0 Å². The summed E-state index contributed by atoms with van der Waals surface area (Å²) in [5, 5.41) is 13.7. The molecule has 1 aliphatic rings. The van der Waals surface area contributed by atoms with Gasteiger partial charge in [0.15, 0.2) is 11.7 Å². The van der Waals surface area contributed by atoms with E-state index in [1.165, 1.54) is 19.4 Å². The first-order valence-electron chi connectivity index (χ1n) is 9.59. The van der Waals surface area contributed by atoms with Gasteiger partial charge in [0.25, 0.3) is 0 Å². The molecule has 2 aromatic rings. The van der Waals surface area contributed by atoms with Crippen molar-refractivity contribution in [3.05, 3.63) is 41.9 Å². The summed E-state index contributed by atoms with van der Waals surface area (Å²) in [6, 6.07) is 7.84. The molecule has 0 unspecified atom stereocenters. The second-order valence-electron chi connectivity index (χ2n) is 8.86. The van der Waals surface area contributed by atoms with Crippen LogP contribution in [0.15, 0.2) is 44.1 Å². The Hall–Kier alpha value is -2.58. The van der Waals surface area contributed by atoms with Crippen LogP contribution in [0.3, 0.4) is 0 Å². The predicted octanol–water partition coefficient (Wildman–Crippen LogP) is 3.39. The average Bonchev–Trinajstić information content (AvgIpc) is 3.14. The molecule has 0 aliphatic carbocycles. The second-order valence-corrected chi connectivity index (χ2v) is 13.4. The van der Waals surface area contributed by atoms with Crippen molar-refractivity contribution in [2.24, 2.45) is 14.8 Å². The zero-order chi connectivity index (χ0) is 23.2. The number of anilines is 1. The van der Waals surface area contributed by atoms with Crippen LogP contribution >= 0.6 is 7.14 Å². The smallest absolute Gasteiger partial charge is 0.345 e. The Morgan fingerprint density at radius 1 is 1.23 bits per heavy atom.